The SMILES string of the molecule is O=S(=O)(/C=C/C(F)(F)F)c1ccccc1. The van der Waals surface area contributed by atoms with Gasteiger partial charge >= 0.3 is 6.18 Å². The average molecular weight is 236 g/mol. The molecule has 0 fully saturated rings. The van der Waals surface area contributed by atoms with Gasteiger partial charge in [0.15, 0.2) is 9.84 Å². The largest absolute Gasteiger partial charge is 0.410 e. The minimum absolute atomic E-state index is 0.155. The normalized spacial score (nSPS) is 13.3. The van der Waals surface area contributed by atoms with Crippen molar-refractivity contribution in [2.24, 2.45) is 0 Å². The van der Waals surface area contributed by atoms with Gasteiger partial charge in [0.25, 0.3) is 0 Å². The topological polar surface area (TPSA) is 34.1 Å². The maximum Gasteiger partial charge on any atom is 0.410 e. The second kappa shape index (κ2) is 4.06. The Morgan fingerprint density at radius 2 is 1.60 bits per heavy atom. The van der Waals surface area contributed by atoms with Crippen molar-refractivity contribution in [2.45, 2.75) is 11.1 Å². The zero-order chi connectivity index (χ0) is 11.5. The van der Waals surface area contributed by atoms with Crippen LogP contribution in [0.4, 0.5) is 13.2 Å². The van der Waals surface area contributed by atoms with Crippen LogP contribution in [-0.4, -0.2) is 14.6 Å². The molecule has 0 saturated heterocycles. The monoisotopic (exact) mass is 236 g/mol. The Hall–Kier alpha value is -1.30. The maximum absolute atomic E-state index is 11.8. The molecule has 0 unspecified atom stereocenters. The van der Waals surface area contributed by atoms with E-state index in [1.807, 2.05) is 0 Å². The smallest absolute Gasteiger partial charge is 0.219 e. The molecule has 0 aliphatic rings. The lowest BCUT2D eigenvalue weighted by molar-refractivity contribution is -0.0797. The fourth-order valence-corrected chi connectivity index (χ4v) is 1.88. The molecule has 2 nitrogen and oxygen atoms in total. The van der Waals surface area contributed by atoms with E-state index >= 15 is 0 Å². The number of hydrogen-bond donors (Lipinski definition) is 0. The first-order chi connectivity index (χ1) is 6.81. The number of alkyl halides is 3. The minimum Gasteiger partial charge on any atom is -0.219 e. The molecule has 1 rings (SSSR count). The Labute approximate surface area is 85.0 Å². The number of allylic oxidation sites excluding steroid dienone is 1. The summed E-state index contributed by atoms with van der Waals surface area (Å²) in [6, 6.07) is 6.92. The van der Waals surface area contributed by atoms with E-state index in [4.69, 9.17) is 0 Å². The maximum atomic E-state index is 11.8. The van der Waals surface area contributed by atoms with Crippen LogP contribution in [0.5, 0.6) is 0 Å². The van der Waals surface area contributed by atoms with Gasteiger partial charge in [0.1, 0.15) is 0 Å². The van der Waals surface area contributed by atoms with Crippen LogP contribution in [-0.2, 0) is 9.84 Å². The van der Waals surface area contributed by atoms with Crippen molar-refractivity contribution in [2.75, 3.05) is 0 Å². The number of hydrogen-bond acceptors (Lipinski definition) is 2. The zero-order valence-electron chi connectivity index (χ0n) is 7.40. The molecule has 0 spiro atoms. The number of benzene rings is 1. The third-order valence-electron chi connectivity index (χ3n) is 1.51. The molecule has 0 aliphatic heterocycles. The van der Waals surface area contributed by atoms with Crippen LogP contribution in [0.2, 0.25) is 0 Å². The van der Waals surface area contributed by atoms with Gasteiger partial charge in [-0.3, -0.25) is 0 Å². The van der Waals surface area contributed by atoms with E-state index in [1.54, 1.807) is 6.07 Å². The molecule has 1 aromatic carbocycles. The van der Waals surface area contributed by atoms with Gasteiger partial charge in [-0.2, -0.15) is 13.2 Å². The van der Waals surface area contributed by atoms with Crippen LogP contribution in [0.1, 0.15) is 0 Å². The van der Waals surface area contributed by atoms with Crippen LogP contribution < -0.4 is 0 Å². The first-order valence-corrected chi connectivity index (χ1v) is 5.42. The molecular formula is C9H7F3O2S. The average Bonchev–Trinajstić information content (AvgIpc) is 2.16. The van der Waals surface area contributed by atoms with Crippen molar-refractivity contribution in [3.05, 3.63) is 41.8 Å². The number of sulfone groups is 1. The van der Waals surface area contributed by atoms with E-state index in [1.165, 1.54) is 24.3 Å². The Morgan fingerprint density at radius 3 is 2.07 bits per heavy atom. The van der Waals surface area contributed by atoms with Gasteiger partial charge < -0.3 is 0 Å². The third-order valence-corrected chi connectivity index (χ3v) is 2.93. The lowest BCUT2D eigenvalue weighted by Gasteiger charge is -1.99. The highest BCUT2D eigenvalue weighted by Crippen LogP contribution is 2.19. The predicted molar refractivity (Wildman–Crippen MR) is 48.8 cm³/mol. The summed E-state index contributed by atoms with van der Waals surface area (Å²) in [5.74, 6) is 0. The van der Waals surface area contributed by atoms with E-state index in [0.29, 0.717) is 0 Å². The molecule has 15 heavy (non-hydrogen) atoms. The van der Waals surface area contributed by atoms with Crippen LogP contribution in [0, 0.1) is 0 Å². The highest BCUT2D eigenvalue weighted by Gasteiger charge is 2.24. The van der Waals surface area contributed by atoms with Gasteiger partial charge in [-0.25, -0.2) is 8.42 Å². The minimum atomic E-state index is -4.62. The van der Waals surface area contributed by atoms with Crippen molar-refractivity contribution in [3.8, 4) is 0 Å². The van der Waals surface area contributed by atoms with Crippen molar-refractivity contribution in [3.63, 3.8) is 0 Å². The quantitative estimate of drug-likeness (QED) is 0.790. The first-order valence-electron chi connectivity index (χ1n) is 3.87. The molecule has 0 N–H and O–H groups in total. The van der Waals surface area contributed by atoms with E-state index in [0.717, 1.165) is 0 Å². The fourth-order valence-electron chi connectivity index (χ4n) is 0.855. The number of rotatable bonds is 2. The van der Waals surface area contributed by atoms with Crippen molar-refractivity contribution in [1.29, 1.82) is 0 Å². The van der Waals surface area contributed by atoms with Crippen molar-refractivity contribution >= 4 is 9.84 Å². The summed E-state index contributed by atoms with van der Waals surface area (Å²) >= 11 is 0. The Morgan fingerprint density at radius 1 is 1.07 bits per heavy atom. The van der Waals surface area contributed by atoms with Gasteiger partial charge in [-0.1, -0.05) is 18.2 Å². The molecule has 0 saturated carbocycles. The third kappa shape index (κ3) is 3.75. The lowest BCUT2D eigenvalue weighted by atomic mass is 10.4. The summed E-state index contributed by atoms with van der Waals surface area (Å²) < 4.78 is 57.8. The van der Waals surface area contributed by atoms with Crippen LogP contribution in [0.25, 0.3) is 0 Å². The van der Waals surface area contributed by atoms with Crippen LogP contribution in [0.15, 0.2) is 46.7 Å². The second-order valence-electron chi connectivity index (χ2n) is 2.70. The summed E-state index contributed by atoms with van der Waals surface area (Å²) in [4.78, 5) is -0.162. The molecule has 0 aromatic heterocycles. The molecular weight excluding hydrogens is 229 g/mol. The van der Waals surface area contributed by atoms with Crippen LogP contribution in [0.3, 0.4) is 0 Å². The Bertz CT molecular complexity index is 446. The van der Waals surface area contributed by atoms with E-state index < -0.39 is 16.0 Å². The molecule has 82 valence electrons. The standard InChI is InChI=1S/C9H7F3O2S/c10-9(11,12)6-7-15(13,14)8-4-2-1-3-5-8/h1-7H/b7-6+. The zero-order valence-corrected chi connectivity index (χ0v) is 8.22. The fraction of sp³-hybridized carbons (Fsp3) is 0.111. The van der Waals surface area contributed by atoms with Crippen LogP contribution >= 0.6 is 0 Å². The highest BCUT2D eigenvalue weighted by atomic mass is 32.2. The van der Waals surface area contributed by atoms with Gasteiger partial charge in [0.2, 0.25) is 0 Å². The molecule has 1 aromatic rings. The van der Waals surface area contributed by atoms with Gasteiger partial charge in [-0.05, 0) is 12.1 Å². The van der Waals surface area contributed by atoms with E-state index in [-0.39, 0.29) is 16.4 Å². The van der Waals surface area contributed by atoms with Gasteiger partial charge in [-0.15, -0.1) is 0 Å². The summed E-state index contributed by atoms with van der Waals surface area (Å²) in [7, 11) is -3.99. The lowest BCUT2D eigenvalue weighted by Crippen LogP contribution is -2.04. The molecule has 0 atom stereocenters. The second-order valence-corrected chi connectivity index (χ2v) is 4.54. The van der Waals surface area contributed by atoms with E-state index in [2.05, 4.69) is 0 Å². The molecule has 0 radical (unpaired) electrons. The van der Waals surface area contributed by atoms with Gasteiger partial charge in [0, 0.05) is 11.5 Å². The first kappa shape index (κ1) is 11.8. The Balaban J connectivity index is 3.01. The highest BCUT2D eigenvalue weighted by molar-refractivity contribution is 7.94. The van der Waals surface area contributed by atoms with E-state index in [9.17, 15) is 21.6 Å². The summed E-state index contributed by atoms with van der Waals surface area (Å²) in [6.07, 6.45) is -4.92. The van der Waals surface area contributed by atoms with Crippen molar-refractivity contribution in [1.82, 2.24) is 0 Å². The molecule has 0 aliphatic carbocycles. The summed E-state index contributed by atoms with van der Waals surface area (Å²) in [5.41, 5.74) is 0. The molecule has 0 heterocycles. The Kier molecular flexibility index (Phi) is 3.18. The summed E-state index contributed by atoms with van der Waals surface area (Å²) in [5, 5.41) is 0.155. The summed E-state index contributed by atoms with van der Waals surface area (Å²) in [6.45, 7) is 0. The van der Waals surface area contributed by atoms with Crippen molar-refractivity contribution < 1.29 is 21.6 Å². The molecule has 0 bridgehead atoms. The predicted octanol–water partition coefficient (Wildman–Crippen LogP) is 2.54. The number of halogens is 3. The van der Waals surface area contributed by atoms with Gasteiger partial charge in [0.05, 0.1) is 4.90 Å². The molecule has 6 heteroatoms. The molecule has 0 amide bonds.